The van der Waals surface area contributed by atoms with Gasteiger partial charge in [0.1, 0.15) is 55.0 Å². The molecule has 4 saturated carbocycles. The van der Waals surface area contributed by atoms with Crippen LogP contribution in [-0.4, -0.2) is 133 Å². The van der Waals surface area contributed by atoms with Gasteiger partial charge in [-0.1, -0.05) is 77.5 Å². The molecule has 5 aliphatic carbocycles. The number of allylic oxidation sites excluding steroid dienone is 2. The molecule has 0 spiro atoms. The van der Waals surface area contributed by atoms with E-state index in [0.29, 0.717) is 29.3 Å². The van der Waals surface area contributed by atoms with Gasteiger partial charge in [0, 0.05) is 12.5 Å². The third-order valence-electron chi connectivity index (χ3n) is 19.6. The van der Waals surface area contributed by atoms with E-state index in [0.717, 1.165) is 57.8 Å². The predicted molar refractivity (Wildman–Crippen MR) is 257 cm³/mol. The van der Waals surface area contributed by atoms with E-state index in [1.165, 1.54) is 19.4 Å². The molecule has 7 aliphatic rings. The largest absolute Gasteiger partial charge is 0.459 e. The summed E-state index contributed by atoms with van der Waals surface area (Å²) in [4.78, 5) is 39.3. The average Bonchev–Trinajstić information content (AvgIpc) is 3.80. The van der Waals surface area contributed by atoms with Crippen molar-refractivity contribution in [2.45, 2.75) is 194 Å². The van der Waals surface area contributed by atoms with Crippen molar-refractivity contribution in [1.29, 1.82) is 0 Å². The normalized spacial score (nSPS) is 42.6. The van der Waals surface area contributed by atoms with Crippen LogP contribution in [0.4, 0.5) is 0 Å². The lowest BCUT2D eigenvalue weighted by atomic mass is 9.33. The molecule has 3 heterocycles. The van der Waals surface area contributed by atoms with Crippen LogP contribution >= 0.6 is 0 Å². The molecular weight excluding hydrogens is 913 g/mol. The number of Topliss-reactive ketones (excluding diaryl/α,β-unsaturated/α-hetero) is 1. The van der Waals surface area contributed by atoms with Gasteiger partial charge in [-0.3, -0.25) is 14.4 Å². The molecule has 0 radical (unpaired) electrons. The van der Waals surface area contributed by atoms with Crippen LogP contribution in [-0.2, 0) is 39.9 Å². The first kappa shape index (κ1) is 52.2. The fraction of sp³-hybridized carbons (Fsp3) is 0.759. The summed E-state index contributed by atoms with van der Waals surface area (Å²) < 4.78 is 32.3. The number of aliphatic hydroxyl groups is 5. The molecule has 2 saturated heterocycles. The van der Waals surface area contributed by atoms with Crippen molar-refractivity contribution in [2.24, 2.45) is 50.2 Å². The zero-order valence-electron chi connectivity index (χ0n) is 43.0. The van der Waals surface area contributed by atoms with E-state index in [1.54, 1.807) is 23.0 Å². The second kappa shape index (κ2) is 18.9. The smallest absolute Gasteiger partial charge is 0.313 e. The van der Waals surface area contributed by atoms with Crippen LogP contribution in [0.5, 0.6) is 0 Å². The van der Waals surface area contributed by atoms with E-state index in [9.17, 15) is 39.9 Å². The highest BCUT2D eigenvalue weighted by Crippen LogP contribution is 2.76. The van der Waals surface area contributed by atoms with Crippen LogP contribution in [0.2, 0.25) is 0 Å². The van der Waals surface area contributed by atoms with Gasteiger partial charge in [0.25, 0.3) is 0 Å². The Labute approximate surface area is 417 Å². The quantitative estimate of drug-likeness (QED) is 0.0743. The van der Waals surface area contributed by atoms with Gasteiger partial charge in [-0.2, -0.15) is 0 Å². The minimum atomic E-state index is -1.55. The maximum absolute atomic E-state index is 14.8. The van der Waals surface area contributed by atoms with Crippen LogP contribution in [0.1, 0.15) is 143 Å². The van der Waals surface area contributed by atoms with Crippen molar-refractivity contribution in [3.63, 3.8) is 0 Å². The van der Waals surface area contributed by atoms with E-state index >= 15 is 0 Å². The lowest BCUT2D eigenvalue weighted by Crippen LogP contribution is -2.67. The monoisotopic (exact) mass is 991 g/mol. The molecule has 2 aliphatic heterocycles. The van der Waals surface area contributed by atoms with E-state index < -0.39 is 66.6 Å². The van der Waals surface area contributed by atoms with Crippen molar-refractivity contribution < 1.29 is 63.6 Å². The molecule has 1 aromatic heterocycles. The standard InChI is InChI=1S/C54H78N4O13/c1-29(59)31-11-10-12-33(23-31)58-25-32(56-57-58)26-69-48(66)54-21-19-49(3,4)24-35(54)34-13-14-39-51(7)17-16-40(50(5,6)38(51)15-18-53(39,9)52(34,8)20-22-54)71-46-41(55-30(2)60)44(64)43(63)37(70-46)28-68-47-45(65)42(62)36(61)27-67-47/h10-13,23,25,35-47,61-65H,14-22,24,26-28H2,1-9H3,(H,55,60)/t35-,36-,37+,38-,39+,40-,41+,42-,43+,44+,45-,46-,47-,51-,52+,53+,54-/m0/s1. The van der Waals surface area contributed by atoms with Gasteiger partial charge in [-0.15, -0.1) is 5.10 Å². The summed E-state index contributed by atoms with van der Waals surface area (Å²) in [6.07, 6.45) is 1.70. The molecule has 2 aromatic rings. The molecule has 17 atom stereocenters. The molecule has 0 unspecified atom stereocenters. The van der Waals surface area contributed by atoms with Crippen molar-refractivity contribution in [3.8, 4) is 5.69 Å². The third kappa shape index (κ3) is 8.94. The number of rotatable bonds is 11. The second-order valence-electron chi connectivity index (χ2n) is 24.5. The number of ketones is 1. The van der Waals surface area contributed by atoms with E-state index in [4.69, 9.17) is 23.7 Å². The van der Waals surface area contributed by atoms with Gasteiger partial charge >= 0.3 is 5.97 Å². The molecule has 0 bridgehead atoms. The highest BCUT2D eigenvalue weighted by molar-refractivity contribution is 5.94. The molecule has 1 amide bonds. The van der Waals surface area contributed by atoms with Gasteiger partial charge in [0.15, 0.2) is 18.4 Å². The first-order valence-electron chi connectivity index (χ1n) is 26.0. The zero-order chi connectivity index (χ0) is 51.2. The predicted octanol–water partition coefficient (Wildman–Crippen LogP) is 5.11. The number of hydrogen-bond acceptors (Lipinski definition) is 15. The Morgan fingerprint density at radius 3 is 2.34 bits per heavy atom. The molecule has 71 heavy (non-hydrogen) atoms. The van der Waals surface area contributed by atoms with Crippen LogP contribution < -0.4 is 5.32 Å². The van der Waals surface area contributed by atoms with E-state index in [2.05, 4.69) is 70.2 Å². The number of hydrogen-bond donors (Lipinski definition) is 6. The number of fused-ring (bicyclic) bond motifs is 7. The fourth-order valence-corrected chi connectivity index (χ4v) is 15.3. The summed E-state index contributed by atoms with van der Waals surface area (Å²) in [5.74, 6) is 0.0233. The van der Waals surface area contributed by atoms with Crippen molar-refractivity contribution >= 4 is 17.7 Å². The number of benzene rings is 1. The SMILES string of the molecule is CC(=O)N[C@H]1[C@H](O[C@H]2CC[C@]3(C)[C@H]4CC=C5[C@@H]6CC(C)(C)CC[C@]6(C(=O)OCc6cn(-c7cccc(C(C)=O)c7)nn6)CC[C@@]5(C)[C@]4(C)CC[C@H]3C2(C)C)O[C@H](CO[C@@H]2OC[C@H](O)[C@H](O)[C@@H]2O)[C@@H](O)[C@@H]1O. The first-order valence-corrected chi connectivity index (χ1v) is 26.0. The van der Waals surface area contributed by atoms with E-state index in [-0.39, 0.29) is 76.6 Å². The number of carbonyl (C=O) groups excluding carboxylic acids is 3. The van der Waals surface area contributed by atoms with Crippen LogP contribution in [0.25, 0.3) is 5.69 Å². The lowest BCUT2D eigenvalue weighted by Gasteiger charge is -2.71. The number of nitrogens with one attached hydrogen (secondary N) is 1. The highest BCUT2D eigenvalue weighted by Gasteiger charge is 2.70. The second-order valence-corrected chi connectivity index (χ2v) is 24.5. The van der Waals surface area contributed by atoms with E-state index in [1.807, 2.05) is 12.1 Å². The maximum atomic E-state index is 14.8. The summed E-state index contributed by atoms with van der Waals surface area (Å²) in [5.41, 5.74) is 2.02. The number of carbonyl (C=O) groups is 3. The topological polar surface area (TPSA) is 241 Å². The van der Waals surface area contributed by atoms with Gasteiger partial charge in [-0.05, 0) is 128 Å². The number of esters is 1. The van der Waals surface area contributed by atoms with Crippen LogP contribution in [0.3, 0.4) is 0 Å². The number of ether oxygens (including phenoxy) is 5. The Bertz CT molecular complexity index is 2370. The minimum absolute atomic E-state index is 0.0107. The van der Waals surface area contributed by atoms with Crippen molar-refractivity contribution in [2.75, 3.05) is 13.2 Å². The van der Waals surface area contributed by atoms with Crippen molar-refractivity contribution in [1.82, 2.24) is 20.3 Å². The maximum Gasteiger partial charge on any atom is 0.313 e. The lowest BCUT2D eigenvalue weighted by molar-refractivity contribution is -0.322. The molecule has 17 heteroatoms. The first-order chi connectivity index (χ1) is 33.3. The summed E-state index contributed by atoms with van der Waals surface area (Å²) >= 11 is 0. The number of aliphatic hydroxyl groups excluding tert-OH is 5. The van der Waals surface area contributed by atoms with Gasteiger partial charge in [0.2, 0.25) is 5.91 Å². The Morgan fingerprint density at radius 1 is 0.859 bits per heavy atom. The zero-order valence-corrected chi connectivity index (χ0v) is 43.0. The minimum Gasteiger partial charge on any atom is -0.459 e. The molecule has 1 aromatic carbocycles. The summed E-state index contributed by atoms with van der Waals surface area (Å²) in [6.45, 7) is 18.9. The number of aromatic nitrogens is 3. The summed E-state index contributed by atoms with van der Waals surface area (Å²) in [6, 6.07) is 6.12. The van der Waals surface area contributed by atoms with Gasteiger partial charge in [-0.25, -0.2) is 4.68 Å². The summed E-state index contributed by atoms with van der Waals surface area (Å²) in [7, 11) is 0. The summed E-state index contributed by atoms with van der Waals surface area (Å²) in [5, 5.41) is 64.6. The molecular formula is C54H78N4O13. The highest BCUT2D eigenvalue weighted by atomic mass is 16.7. The number of amides is 1. The Kier molecular flexibility index (Phi) is 13.9. The molecule has 6 N–H and O–H groups in total. The van der Waals surface area contributed by atoms with Crippen LogP contribution in [0.15, 0.2) is 42.1 Å². The molecule has 17 nitrogen and oxygen atoms in total. The van der Waals surface area contributed by atoms with Crippen molar-refractivity contribution in [3.05, 3.63) is 53.4 Å². The van der Waals surface area contributed by atoms with Gasteiger partial charge in [0.05, 0.1) is 36.6 Å². The molecule has 9 rings (SSSR count). The fourth-order valence-electron chi connectivity index (χ4n) is 15.3. The average molecular weight is 991 g/mol. The Balaban J connectivity index is 0.923. The van der Waals surface area contributed by atoms with Crippen LogP contribution in [0, 0.1) is 50.2 Å². The molecule has 6 fully saturated rings. The van der Waals surface area contributed by atoms with Gasteiger partial charge < -0.3 is 54.5 Å². The third-order valence-corrected chi connectivity index (χ3v) is 19.6. The molecule has 392 valence electrons. The Hall–Kier alpha value is -3.65. The number of nitrogens with zero attached hydrogens (tertiary/aromatic N) is 3. The Morgan fingerprint density at radius 2 is 1.61 bits per heavy atom.